The van der Waals surface area contributed by atoms with Gasteiger partial charge in [0.2, 0.25) is 0 Å². The first kappa shape index (κ1) is 20.3. The van der Waals surface area contributed by atoms with Crippen molar-refractivity contribution in [3.05, 3.63) is 96.1 Å². The van der Waals surface area contributed by atoms with Crippen LogP contribution in [0, 0.1) is 0 Å². The van der Waals surface area contributed by atoms with E-state index in [1.165, 1.54) is 0 Å². The maximum absolute atomic E-state index is 10.8. The molecule has 0 saturated carbocycles. The molecular weight excluding hydrogens is 394 g/mol. The average Bonchev–Trinajstić information content (AvgIpc) is 2.67. The second-order valence-corrected chi connectivity index (χ2v) is 5.66. The van der Waals surface area contributed by atoms with E-state index in [9.17, 15) is 9.59 Å². The minimum absolute atomic E-state index is 0. The summed E-state index contributed by atoms with van der Waals surface area (Å²) in [5, 5.41) is 21.3. The minimum atomic E-state index is -0.878. The predicted molar refractivity (Wildman–Crippen MR) is 102 cm³/mol. The predicted octanol–water partition coefficient (Wildman–Crippen LogP) is 5.07. The molecule has 2 N–H and O–H groups in total. The van der Waals surface area contributed by atoms with Crippen LogP contribution >= 0.6 is 0 Å². The van der Waals surface area contributed by atoms with Gasteiger partial charge in [-0.2, -0.15) is 0 Å². The van der Waals surface area contributed by atoms with Gasteiger partial charge in [0.1, 0.15) is 0 Å². The number of rotatable bonds is 2. The van der Waals surface area contributed by atoms with Crippen molar-refractivity contribution < 1.29 is 39.3 Å². The molecule has 0 amide bonds. The Hall–Kier alpha value is -3.04. The average molecular weight is 410 g/mol. The third-order valence-electron chi connectivity index (χ3n) is 4.04. The Bertz CT molecular complexity index is 1010. The molecule has 4 rings (SSSR count). The maximum Gasteiger partial charge on any atom is 0.336 e. The molecule has 0 unspecified atom stereocenters. The van der Waals surface area contributed by atoms with Crippen LogP contribution in [-0.4, -0.2) is 22.2 Å². The SMILES string of the molecule is O=C(O)c1cccc2ccccc12.O=C(O)c1cccc2ccccc12.[Zn]. The molecule has 5 heteroatoms. The summed E-state index contributed by atoms with van der Waals surface area (Å²) in [5.74, 6) is -1.76. The van der Waals surface area contributed by atoms with E-state index in [0.717, 1.165) is 21.5 Å². The van der Waals surface area contributed by atoms with Crippen LogP contribution < -0.4 is 0 Å². The molecular formula is C22H16O4Zn. The molecule has 0 aliphatic carbocycles. The molecule has 4 aromatic rings. The van der Waals surface area contributed by atoms with Gasteiger partial charge in [-0.1, -0.05) is 72.8 Å². The number of aromatic carboxylic acids is 2. The van der Waals surface area contributed by atoms with E-state index < -0.39 is 11.9 Å². The molecule has 0 bridgehead atoms. The van der Waals surface area contributed by atoms with E-state index in [4.69, 9.17) is 10.2 Å². The van der Waals surface area contributed by atoms with Gasteiger partial charge in [-0.3, -0.25) is 0 Å². The Morgan fingerprint density at radius 2 is 0.852 bits per heavy atom. The second-order valence-electron chi connectivity index (χ2n) is 5.66. The molecule has 0 spiro atoms. The van der Waals surface area contributed by atoms with Crippen molar-refractivity contribution >= 4 is 33.5 Å². The maximum atomic E-state index is 10.8. The van der Waals surface area contributed by atoms with Crippen LogP contribution in [0.2, 0.25) is 0 Å². The summed E-state index contributed by atoms with van der Waals surface area (Å²) in [4.78, 5) is 21.6. The number of carboxylic acid groups (broad SMARTS) is 2. The van der Waals surface area contributed by atoms with Crippen molar-refractivity contribution in [2.45, 2.75) is 0 Å². The summed E-state index contributed by atoms with van der Waals surface area (Å²) in [7, 11) is 0. The van der Waals surface area contributed by atoms with Crippen molar-refractivity contribution in [3.8, 4) is 0 Å². The molecule has 27 heavy (non-hydrogen) atoms. The summed E-state index contributed by atoms with van der Waals surface area (Å²) >= 11 is 0. The van der Waals surface area contributed by atoms with Gasteiger partial charge in [0.25, 0.3) is 0 Å². The number of benzene rings is 4. The van der Waals surface area contributed by atoms with Gasteiger partial charge in [0.05, 0.1) is 11.1 Å². The van der Waals surface area contributed by atoms with E-state index >= 15 is 0 Å². The molecule has 0 aromatic heterocycles. The van der Waals surface area contributed by atoms with Gasteiger partial charge < -0.3 is 10.2 Å². The molecule has 0 heterocycles. The van der Waals surface area contributed by atoms with Crippen molar-refractivity contribution in [3.63, 3.8) is 0 Å². The van der Waals surface area contributed by atoms with Gasteiger partial charge >= 0.3 is 11.9 Å². The second kappa shape index (κ2) is 9.06. The van der Waals surface area contributed by atoms with Gasteiger partial charge in [0.15, 0.2) is 0 Å². The van der Waals surface area contributed by atoms with Gasteiger partial charge in [-0.15, -0.1) is 0 Å². The zero-order valence-corrected chi connectivity index (χ0v) is 17.5. The summed E-state index contributed by atoms with van der Waals surface area (Å²) < 4.78 is 0. The van der Waals surface area contributed by atoms with Crippen LogP contribution in [-0.2, 0) is 19.5 Å². The molecule has 0 radical (unpaired) electrons. The summed E-state index contributed by atoms with van der Waals surface area (Å²) in [6.45, 7) is 0. The first-order valence-electron chi connectivity index (χ1n) is 8.00. The Kier molecular flexibility index (Phi) is 6.81. The number of hydrogen-bond donors (Lipinski definition) is 2. The Morgan fingerprint density at radius 1 is 0.519 bits per heavy atom. The number of hydrogen-bond acceptors (Lipinski definition) is 2. The van der Waals surface area contributed by atoms with Gasteiger partial charge in [-0.25, -0.2) is 9.59 Å². The molecule has 0 atom stereocenters. The van der Waals surface area contributed by atoms with Crippen LogP contribution in [0.3, 0.4) is 0 Å². The monoisotopic (exact) mass is 408 g/mol. The van der Waals surface area contributed by atoms with Crippen molar-refractivity contribution in [2.24, 2.45) is 0 Å². The minimum Gasteiger partial charge on any atom is -0.478 e. The smallest absolute Gasteiger partial charge is 0.336 e. The van der Waals surface area contributed by atoms with Crippen LogP contribution in [0.1, 0.15) is 20.7 Å². The number of carbonyl (C=O) groups is 2. The zero-order chi connectivity index (χ0) is 18.5. The van der Waals surface area contributed by atoms with E-state index in [2.05, 4.69) is 0 Å². The quantitative estimate of drug-likeness (QED) is 0.453. The zero-order valence-electron chi connectivity index (χ0n) is 14.5. The van der Waals surface area contributed by atoms with E-state index in [1.807, 2.05) is 60.7 Å². The van der Waals surface area contributed by atoms with E-state index in [1.54, 1.807) is 24.3 Å². The third kappa shape index (κ3) is 4.58. The fraction of sp³-hybridized carbons (Fsp3) is 0. The van der Waals surface area contributed by atoms with Crippen LogP contribution in [0.15, 0.2) is 84.9 Å². The summed E-state index contributed by atoms with van der Waals surface area (Å²) in [6.07, 6.45) is 0. The van der Waals surface area contributed by atoms with Crippen molar-refractivity contribution in [2.75, 3.05) is 0 Å². The van der Waals surface area contributed by atoms with Crippen molar-refractivity contribution in [1.82, 2.24) is 0 Å². The van der Waals surface area contributed by atoms with Gasteiger partial charge in [0, 0.05) is 19.5 Å². The fourth-order valence-electron chi connectivity index (χ4n) is 2.82. The summed E-state index contributed by atoms with van der Waals surface area (Å²) in [6, 6.07) is 25.5. The molecule has 0 saturated heterocycles. The standard InChI is InChI=1S/2C11H8O2.Zn/c2*12-11(13)10-7-3-5-8-4-1-2-6-9(8)10;/h2*1-7H,(H,12,13);. The molecule has 130 valence electrons. The topological polar surface area (TPSA) is 74.6 Å². The van der Waals surface area contributed by atoms with Crippen LogP contribution in [0.5, 0.6) is 0 Å². The molecule has 0 aliphatic rings. The van der Waals surface area contributed by atoms with Crippen LogP contribution in [0.4, 0.5) is 0 Å². The Labute approximate surface area is 168 Å². The molecule has 4 nitrogen and oxygen atoms in total. The normalized spacial score (nSPS) is 9.78. The molecule has 4 aromatic carbocycles. The third-order valence-corrected chi connectivity index (χ3v) is 4.04. The molecule has 0 aliphatic heterocycles. The number of fused-ring (bicyclic) bond motifs is 2. The molecule has 0 fully saturated rings. The largest absolute Gasteiger partial charge is 0.478 e. The fourth-order valence-corrected chi connectivity index (χ4v) is 2.82. The first-order chi connectivity index (χ1) is 12.6. The van der Waals surface area contributed by atoms with Crippen molar-refractivity contribution in [1.29, 1.82) is 0 Å². The summed E-state index contributed by atoms with van der Waals surface area (Å²) in [5.41, 5.74) is 0.719. The first-order valence-corrected chi connectivity index (χ1v) is 8.00. The Balaban J connectivity index is 0.000000187. The van der Waals surface area contributed by atoms with E-state index in [0.29, 0.717) is 11.1 Å². The number of carboxylic acids is 2. The van der Waals surface area contributed by atoms with Gasteiger partial charge in [-0.05, 0) is 33.7 Å². The Morgan fingerprint density at radius 3 is 1.22 bits per heavy atom. The van der Waals surface area contributed by atoms with Crippen LogP contribution in [0.25, 0.3) is 21.5 Å². The van der Waals surface area contributed by atoms with E-state index in [-0.39, 0.29) is 19.5 Å².